The molecule has 0 unspecified atom stereocenters. The molecule has 218 valence electrons. The van der Waals surface area contributed by atoms with Crippen molar-refractivity contribution >= 4 is 46.2 Å². The molecule has 0 atom stereocenters. The monoisotopic (exact) mass is 603 g/mol. The minimum Gasteiger partial charge on any atom is -0.489 e. The highest BCUT2D eigenvalue weighted by molar-refractivity contribution is 8.14. The van der Waals surface area contributed by atoms with Crippen LogP contribution in [0.5, 0.6) is 11.5 Å². The number of carbonyl (C=O) groups excluding carboxylic acids is 2. The molecule has 0 aliphatic carbocycles. The molecular weight excluding hydrogens is 579 g/mol. The molecule has 43 heavy (non-hydrogen) atoms. The fourth-order valence-corrected chi connectivity index (χ4v) is 4.87. The lowest BCUT2D eigenvalue weighted by Crippen LogP contribution is -2.31. The Hall–Kier alpha value is -5.03. The Morgan fingerprint density at radius 1 is 0.884 bits per heavy atom. The highest BCUT2D eigenvalue weighted by atomic mass is 32.2. The number of thioether (sulfide) groups is 1. The van der Waals surface area contributed by atoms with E-state index in [4.69, 9.17) is 4.74 Å². The summed E-state index contributed by atoms with van der Waals surface area (Å²) < 4.78 is 48.1. The van der Waals surface area contributed by atoms with Crippen molar-refractivity contribution in [1.82, 2.24) is 0 Å². The van der Waals surface area contributed by atoms with E-state index in [-0.39, 0.29) is 28.2 Å². The third kappa shape index (κ3) is 8.04. The van der Waals surface area contributed by atoms with E-state index in [1.165, 1.54) is 23.1 Å². The normalized spacial score (nSPS) is 14.0. The molecule has 1 aliphatic heterocycles. The zero-order valence-electron chi connectivity index (χ0n) is 22.5. The van der Waals surface area contributed by atoms with Gasteiger partial charge in [-0.3, -0.25) is 14.5 Å². The van der Waals surface area contributed by atoms with E-state index in [1.807, 2.05) is 42.5 Å². The fourth-order valence-electron chi connectivity index (χ4n) is 4.06. The van der Waals surface area contributed by atoms with Crippen LogP contribution in [0.4, 0.5) is 24.5 Å². The maximum Gasteiger partial charge on any atom is 0.573 e. The molecule has 1 N–H and O–H groups in total. The van der Waals surface area contributed by atoms with Gasteiger partial charge in [-0.25, -0.2) is 4.99 Å². The van der Waals surface area contributed by atoms with Crippen LogP contribution in [-0.2, 0) is 16.2 Å². The summed E-state index contributed by atoms with van der Waals surface area (Å²) in [7, 11) is 0. The van der Waals surface area contributed by atoms with Gasteiger partial charge in [-0.2, -0.15) is 0 Å². The third-order valence-electron chi connectivity index (χ3n) is 5.99. The summed E-state index contributed by atoms with van der Waals surface area (Å²) in [4.78, 5) is 32.0. The van der Waals surface area contributed by atoms with E-state index in [2.05, 4.69) is 15.0 Å². The first-order chi connectivity index (χ1) is 20.7. The third-order valence-corrected chi connectivity index (χ3v) is 6.93. The van der Waals surface area contributed by atoms with E-state index in [9.17, 15) is 22.8 Å². The molecular formula is C32H24F3N3O4S. The Kier molecular flexibility index (Phi) is 9.11. The summed E-state index contributed by atoms with van der Waals surface area (Å²) in [6.45, 7) is 0.422. The number of anilines is 2. The number of hydrogen-bond acceptors (Lipinski definition) is 6. The van der Waals surface area contributed by atoms with Crippen LogP contribution in [0.15, 0.2) is 120 Å². The first kappa shape index (κ1) is 29.5. The molecule has 11 heteroatoms. The predicted molar refractivity (Wildman–Crippen MR) is 161 cm³/mol. The second kappa shape index (κ2) is 13.3. The summed E-state index contributed by atoms with van der Waals surface area (Å²) in [5.74, 6) is -1.08. The van der Waals surface area contributed by atoms with Gasteiger partial charge in [0.1, 0.15) is 18.1 Å². The Morgan fingerprint density at radius 3 is 2.23 bits per heavy atom. The highest BCUT2D eigenvalue weighted by Gasteiger charge is 2.33. The second-order valence-corrected chi connectivity index (χ2v) is 10.1. The Morgan fingerprint density at radius 2 is 1.53 bits per heavy atom. The minimum atomic E-state index is -4.91. The summed E-state index contributed by atoms with van der Waals surface area (Å²) in [5.41, 5.74) is 2.34. The molecule has 0 aromatic heterocycles. The zero-order chi connectivity index (χ0) is 30.2. The van der Waals surface area contributed by atoms with Gasteiger partial charge >= 0.3 is 6.36 Å². The van der Waals surface area contributed by atoms with Gasteiger partial charge in [-0.1, -0.05) is 84.6 Å². The quantitative estimate of drug-likeness (QED) is 0.204. The van der Waals surface area contributed by atoms with Gasteiger partial charge in [0.2, 0.25) is 5.91 Å². The van der Waals surface area contributed by atoms with E-state index in [0.717, 1.165) is 29.0 Å². The standard InChI is InChI=1S/C32H24F3N3O4S/c33-32(34,35)42-28-14-8-7-13-26(28)36-29(39)21-43-31-37-27(30(40)38(31)24-11-5-2-6-12-24)19-22-15-17-25(18-16-22)41-20-23-9-3-1-4-10-23/h1-19H,20-21H2,(H,36,39). The number of aliphatic imine (C=N–C) groups is 1. The number of hydrogen-bond donors (Lipinski definition) is 1. The van der Waals surface area contributed by atoms with Gasteiger partial charge in [0.25, 0.3) is 5.91 Å². The second-order valence-electron chi connectivity index (χ2n) is 9.12. The molecule has 0 saturated carbocycles. The molecule has 0 fully saturated rings. The summed E-state index contributed by atoms with van der Waals surface area (Å²) in [5, 5.41) is 2.68. The van der Waals surface area contributed by atoms with Gasteiger partial charge in [-0.05, 0) is 53.6 Å². The average Bonchev–Trinajstić information content (AvgIpc) is 3.31. The van der Waals surface area contributed by atoms with E-state index >= 15 is 0 Å². The molecule has 0 spiro atoms. The van der Waals surface area contributed by atoms with E-state index < -0.39 is 18.0 Å². The number of nitrogens with one attached hydrogen (secondary N) is 1. The molecule has 5 rings (SSSR count). The first-order valence-corrected chi connectivity index (χ1v) is 14.0. The Labute approximate surface area is 249 Å². The lowest BCUT2D eigenvalue weighted by molar-refractivity contribution is -0.274. The molecule has 4 aromatic rings. The summed E-state index contributed by atoms with van der Waals surface area (Å²) >= 11 is 0.978. The fraction of sp³-hybridized carbons (Fsp3) is 0.0938. The van der Waals surface area contributed by atoms with Crippen molar-refractivity contribution in [3.63, 3.8) is 0 Å². The largest absolute Gasteiger partial charge is 0.573 e. The van der Waals surface area contributed by atoms with Gasteiger partial charge in [-0.15, -0.1) is 13.2 Å². The number of ether oxygens (including phenoxy) is 2. The Bertz CT molecular complexity index is 1640. The first-order valence-electron chi connectivity index (χ1n) is 13.0. The van der Waals surface area contributed by atoms with E-state index in [0.29, 0.717) is 18.0 Å². The molecule has 2 amide bonds. The Balaban J connectivity index is 1.30. The molecule has 0 bridgehead atoms. The van der Waals surface area contributed by atoms with Crippen LogP contribution in [-0.4, -0.2) is 29.1 Å². The van der Waals surface area contributed by atoms with E-state index in [1.54, 1.807) is 48.5 Å². The SMILES string of the molecule is O=C(CSC1=NC(=Cc2ccc(OCc3ccccc3)cc2)C(=O)N1c1ccccc1)Nc1ccccc1OC(F)(F)F. The topological polar surface area (TPSA) is 80.2 Å². The molecule has 0 saturated heterocycles. The number of para-hydroxylation sites is 3. The molecule has 7 nitrogen and oxygen atoms in total. The van der Waals surface area contributed by atoms with Crippen molar-refractivity contribution in [3.8, 4) is 11.5 Å². The smallest absolute Gasteiger partial charge is 0.489 e. The number of nitrogens with zero attached hydrogens (tertiary/aromatic N) is 2. The van der Waals surface area contributed by atoms with Crippen molar-refractivity contribution in [2.24, 2.45) is 4.99 Å². The number of halogens is 3. The van der Waals surface area contributed by atoms with Gasteiger partial charge in [0.05, 0.1) is 17.1 Å². The number of carbonyl (C=O) groups is 2. The van der Waals surface area contributed by atoms with Crippen molar-refractivity contribution in [1.29, 1.82) is 0 Å². The van der Waals surface area contributed by atoms with Crippen molar-refractivity contribution < 1.29 is 32.2 Å². The van der Waals surface area contributed by atoms with Crippen molar-refractivity contribution in [3.05, 3.63) is 126 Å². The van der Waals surface area contributed by atoms with Crippen molar-refractivity contribution in [2.45, 2.75) is 13.0 Å². The molecule has 1 heterocycles. The van der Waals surface area contributed by atoms with Crippen LogP contribution in [0, 0.1) is 0 Å². The maximum atomic E-state index is 13.4. The zero-order valence-corrected chi connectivity index (χ0v) is 23.3. The molecule has 4 aromatic carbocycles. The number of benzene rings is 4. The van der Waals surface area contributed by atoms with Crippen LogP contribution in [0.3, 0.4) is 0 Å². The minimum absolute atomic E-state index is 0.133. The highest BCUT2D eigenvalue weighted by Crippen LogP contribution is 2.32. The number of alkyl halides is 3. The van der Waals surface area contributed by atoms with Crippen LogP contribution < -0.4 is 19.7 Å². The van der Waals surface area contributed by atoms with Crippen LogP contribution in [0.2, 0.25) is 0 Å². The van der Waals surface area contributed by atoms with Gasteiger partial charge < -0.3 is 14.8 Å². The lowest BCUT2D eigenvalue weighted by atomic mass is 10.2. The van der Waals surface area contributed by atoms with Crippen LogP contribution >= 0.6 is 11.8 Å². The lowest BCUT2D eigenvalue weighted by Gasteiger charge is -2.18. The van der Waals surface area contributed by atoms with Crippen LogP contribution in [0.1, 0.15) is 11.1 Å². The van der Waals surface area contributed by atoms with Gasteiger partial charge in [0, 0.05) is 0 Å². The predicted octanol–water partition coefficient (Wildman–Crippen LogP) is 7.28. The van der Waals surface area contributed by atoms with Crippen LogP contribution in [0.25, 0.3) is 6.08 Å². The molecule has 1 aliphatic rings. The number of rotatable bonds is 9. The van der Waals surface area contributed by atoms with Gasteiger partial charge in [0.15, 0.2) is 10.9 Å². The summed E-state index contributed by atoms with van der Waals surface area (Å²) in [6.07, 6.45) is -3.28. The molecule has 0 radical (unpaired) electrons. The number of amidine groups is 1. The summed E-state index contributed by atoms with van der Waals surface area (Å²) in [6, 6.07) is 31.0. The van der Waals surface area contributed by atoms with Crippen molar-refractivity contribution in [2.75, 3.05) is 16.0 Å². The number of amides is 2. The maximum absolute atomic E-state index is 13.4. The average molecular weight is 604 g/mol.